The molecule has 0 amide bonds. The fourth-order valence-electron chi connectivity index (χ4n) is 4.46. The van der Waals surface area contributed by atoms with Crippen molar-refractivity contribution in [3.05, 3.63) is 70.6 Å². The van der Waals surface area contributed by atoms with Crippen molar-refractivity contribution in [2.75, 3.05) is 17.2 Å². The lowest BCUT2D eigenvalue weighted by atomic mass is 9.96. The molecule has 5 N–H and O–H groups in total. The number of nitrogens with one attached hydrogen (secondary N) is 3. The van der Waals surface area contributed by atoms with E-state index in [-0.39, 0.29) is 5.41 Å². The van der Waals surface area contributed by atoms with Crippen molar-refractivity contribution in [1.82, 2.24) is 15.3 Å². The molecule has 2 heterocycles. The third kappa shape index (κ3) is 5.33. The topological polar surface area (TPSA) is 159 Å². The molecule has 9 nitrogen and oxygen atoms in total. The number of nitrogens with zero attached hydrogens (tertiary/aromatic N) is 5. The quantitative estimate of drug-likeness (QED) is 0.219. The molecule has 1 atom stereocenters. The monoisotopic (exact) mass is 547 g/mol. The van der Waals surface area contributed by atoms with Gasteiger partial charge in [0.1, 0.15) is 17.7 Å². The van der Waals surface area contributed by atoms with Crippen LogP contribution in [0.15, 0.2) is 53.9 Å². The number of benzene rings is 2. The second-order valence-electron chi connectivity index (χ2n) is 11.2. The molecule has 0 saturated heterocycles. The molecule has 0 bridgehead atoms. The van der Waals surface area contributed by atoms with Crippen molar-refractivity contribution < 1.29 is 0 Å². The summed E-state index contributed by atoms with van der Waals surface area (Å²) in [5.41, 5.74) is 12.7. The molecule has 1 saturated carbocycles. The van der Waals surface area contributed by atoms with Gasteiger partial charge in [-0.1, -0.05) is 32.9 Å². The molecule has 0 radical (unpaired) electrons. The Morgan fingerprint density at radius 3 is 2.60 bits per heavy atom. The Bertz CT molecular complexity index is 1750. The van der Waals surface area contributed by atoms with E-state index in [4.69, 9.17) is 5.73 Å². The highest BCUT2D eigenvalue weighted by atomic mass is 32.1. The lowest BCUT2D eigenvalue weighted by molar-refractivity contribution is 0.443. The first kappa shape index (κ1) is 26.7. The Kier molecular flexibility index (Phi) is 6.94. The Labute approximate surface area is 237 Å². The summed E-state index contributed by atoms with van der Waals surface area (Å²) in [6.45, 7) is 6.94. The van der Waals surface area contributed by atoms with Crippen LogP contribution in [0.3, 0.4) is 0 Å². The van der Waals surface area contributed by atoms with Gasteiger partial charge in [0.15, 0.2) is 0 Å². The van der Waals surface area contributed by atoms with Gasteiger partial charge in [-0.3, -0.25) is 4.98 Å². The molecule has 0 spiro atoms. The molecule has 4 aromatic rings. The molecule has 1 aliphatic carbocycles. The minimum absolute atomic E-state index is 0.0383. The third-order valence-corrected chi connectivity index (χ3v) is 7.72. The van der Waals surface area contributed by atoms with E-state index in [1.807, 2.05) is 24.3 Å². The second kappa shape index (κ2) is 10.4. The first-order valence-corrected chi connectivity index (χ1v) is 13.8. The van der Waals surface area contributed by atoms with Crippen molar-refractivity contribution in [2.45, 2.75) is 45.2 Å². The van der Waals surface area contributed by atoms with E-state index in [1.165, 1.54) is 17.5 Å². The second-order valence-corrected chi connectivity index (χ2v) is 12.1. The number of hydrogen-bond acceptors (Lipinski definition) is 10. The standard InChI is InChI=1S/C30H29N9S/c1-29(2,3)16-36-26-19(12-32)13-35-25-18(11-31)9-20(10-22(25)26)39-27(23(34)14-38-30(15-33)7-8-30)21-5-4-6-24-28(21)40-17-37-24/h4-6,9-10,13-14,17,27,38-39H,7-8,16,34H2,1-3H3,(H,35,36)/b23-14-/t27-/m0/s1. The lowest BCUT2D eigenvalue weighted by Crippen LogP contribution is -2.28. The maximum absolute atomic E-state index is 10.0. The van der Waals surface area contributed by atoms with E-state index < -0.39 is 11.6 Å². The van der Waals surface area contributed by atoms with Crippen LogP contribution in [0, 0.1) is 39.4 Å². The zero-order chi connectivity index (χ0) is 28.5. The maximum atomic E-state index is 10.0. The Balaban J connectivity index is 1.63. The van der Waals surface area contributed by atoms with Crippen LogP contribution >= 0.6 is 11.3 Å². The van der Waals surface area contributed by atoms with E-state index in [0.717, 1.165) is 28.6 Å². The van der Waals surface area contributed by atoms with E-state index in [2.05, 4.69) is 64.9 Å². The van der Waals surface area contributed by atoms with Crippen LogP contribution in [0.2, 0.25) is 0 Å². The summed E-state index contributed by atoms with van der Waals surface area (Å²) < 4.78 is 0.986. The molecule has 10 heteroatoms. The van der Waals surface area contributed by atoms with E-state index in [0.29, 0.717) is 45.6 Å². The Morgan fingerprint density at radius 2 is 1.93 bits per heavy atom. The summed E-state index contributed by atoms with van der Waals surface area (Å²) in [6, 6.07) is 15.8. The summed E-state index contributed by atoms with van der Waals surface area (Å²) in [6.07, 6.45) is 4.74. The van der Waals surface area contributed by atoms with Crippen molar-refractivity contribution in [3.63, 3.8) is 0 Å². The molecule has 2 aromatic carbocycles. The van der Waals surface area contributed by atoms with Crippen molar-refractivity contribution in [3.8, 4) is 18.2 Å². The normalized spacial score (nSPS) is 15.1. The molecular formula is C30H29N9S. The summed E-state index contributed by atoms with van der Waals surface area (Å²) in [5, 5.41) is 40.2. The van der Waals surface area contributed by atoms with E-state index in [1.54, 1.807) is 17.8 Å². The maximum Gasteiger partial charge on any atom is 0.125 e. The van der Waals surface area contributed by atoms with Crippen molar-refractivity contribution in [1.29, 1.82) is 15.8 Å². The van der Waals surface area contributed by atoms with Gasteiger partial charge < -0.3 is 21.7 Å². The molecule has 40 heavy (non-hydrogen) atoms. The SMILES string of the molecule is CC(C)(C)CNc1c(C#N)cnc2c(C#N)cc(N[C@H](/C(N)=C/NC3(C#N)CC3)c3cccc4ncsc34)cc12. The van der Waals surface area contributed by atoms with Crippen LogP contribution in [0.4, 0.5) is 11.4 Å². The molecular weight excluding hydrogens is 518 g/mol. The molecule has 1 aliphatic rings. The average Bonchev–Trinajstić information content (AvgIpc) is 3.57. The first-order chi connectivity index (χ1) is 19.2. The van der Waals surface area contributed by atoms with E-state index >= 15 is 0 Å². The van der Waals surface area contributed by atoms with Crippen LogP contribution < -0.4 is 21.7 Å². The summed E-state index contributed by atoms with van der Waals surface area (Å²) in [4.78, 5) is 8.91. The average molecular weight is 548 g/mol. The molecule has 0 aliphatic heterocycles. The predicted molar refractivity (Wildman–Crippen MR) is 158 cm³/mol. The Morgan fingerprint density at radius 1 is 1.15 bits per heavy atom. The minimum Gasteiger partial charge on any atom is -0.399 e. The Hall–Kier alpha value is -4.85. The minimum atomic E-state index is -0.574. The van der Waals surface area contributed by atoms with Gasteiger partial charge in [0, 0.05) is 30.0 Å². The van der Waals surface area contributed by atoms with Crippen LogP contribution in [-0.2, 0) is 0 Å². The largest absolute Gasteiger partial charge is 0.399 e. The van der Waals surface area contributed by atoms with Crippen LogP contribution in [0.5, 0.6) is 0 Å². The molecule has 1 fully saturated rings. The zero-order valence-corrected chi connectivity index (χ0v) is 23.4. The van der Waals surface area contributed by atoms with Crippen LogP contribution in [-0.4, -0.2) is 22.1 Å². The van der Waals surface area contributed by atoms with Gasteiger partial charge in [0.2, 0.25) is 0 Å². The predicted octanol–water partition coefficient (Wildman–Crippen LogP) is 5.64. The number of nitrogens with two attached hydrogens (primary N) is 1. The third-order valence-electron chi connectivity index (χ3n) is 6.83. The first-order valence-electron chi connectivity index (χ1n) is 12.9. The van der Waals surface area contributed by atoms with Gasteiger partial charge in [-0.05, 0) is 42.0 Å². The number of rotatable bonds is 8. The smallest absolute Gasteiger partial charge is 0.125 e. The number of thiazole rings is 1. The lowest BCUT2D eigenvalue weighted by Gasteiger charge is -2.24. The van der Waals surface area contributed by atoms with E-state index in [9.17, 15) is 15.8 Å². The van der Waals surface area contributed by atoms with Gasteiger partial charge in [0.25, 0.3) is 0 Å². The fraction of sp³-hybridized carbons (Fsp3) is 0.300. The van der Waals surface area contributed by atoms with Gasteiger partial charge in [-0.15, -0.1) is 11.3 Å². The zero-order valence-electron chi connectivity index (χ0n) is 22.5. The van der Waals surface area contributed by atoms with Crippen LogP contribution in [0.25, 0.3) is 21.1 Å². The van der Waals surface area contributed by atoms with Gasteiger partial charge in [0.05, 0.1) is 55.9 Å². The number of nitriles is 3. The van der Waals surface area contributed by atoms with Gasteiger partial charge in [-0.2, -0.15) is 15.8 Å². The molecule has 2 aromatic heterocycles. The summed E-state index contributed by atoms with van der Waals surface area (Å²) in [7, 11) is 0. The highest BCUT2D eigenvalue weighted by Crippen LogP contribution is 2.37. The van der Waals surface area contributed by atoms with Gasteiger partial charge in [-0.25, -0.2) is 4.98 Å². The number of aromatic nitrogens is 2. The highest BCUT2D eigenvalue weighted by molar-refractivity contribution is 7.17. The number of pyridine rings is 1. The fourth-order valence-corrected chi connectivity index (χ4v) is 5.30. The van der Waals surface area contributed by atoms with Crippen molar-refractivity contribution >= 4 is 43.8 Å². The summed E-state index contributed by atoms with van der Waals surface area (Å²) >= 11 is 1.52. The number of anilines is 2. The number of hydrogen-bond donors (Lipinski definition) is 4. The molecule has 200 valence electrons. The number of fused-ring (bicyclic) bond motifs is 2. The van der Waals surface area contributed by atoms with Gasteiger partial charge >= 0.3 is 0 Å². The van der Waals surface area contributed by atoms with Crippen LogP contribution in [0.1, 0.15) is 56.3 Å². The van der Waals surface area contributed by atoms with Crippen molar-refractivity contribution in [2.24, 2.45) is 11.1 Å². The highest BCUT2D eigenvalue weighted by Gasteiger charge is 2.42. The molecule has 0 unspecified atom stereocenters. The molecule has 5 rings (SSSR count). The summed E-state index contributed by atoms with van der Waals surface area (Å²) in [5.74, 6) is 0.